The largest absolute Gasteiger partial charge is 0.508 e. The van der Waals surface area contributed by atoms with Gasteiger partial charge in [-0.25, -0.2) is 4.79 Å². The Kier molecular flexibility index (Phi) is 7.61. The molecular formula is C39H52O5. The molecule has 44 heavy (non-hydrogen) atoms. The lowest BCUT2D eigenvalue weighted by Gasteiger charge is -2.62. The molecule has 5 heteroatoms. The van der Waals surface area contributed by atoms with Gasteiger partial charge in [-0.3, -0.25) is 9.59 Å². The number of phenolic OH excluding ortho intramolecular Hbond substituents is 1. The minimum atomic E-state index is -0.404. The highest BCUT2D eigenvalue weighted by Gasteiger charge is 2.82. The summed E-state index contributed by atoms with van der Waals surface area (Å²) < 4.78 is 5.88. The molecule has 238 valence electrons. The molecule has 0 aromatic heterocycles. The zero-order chi connectivity index (χ0) is 31.7. The molecular weight excluding hydrogens is 548 g/mol. The van der Waals surface area contributed by atoms with E-state index in [1.807, 2.05) is 13.8 Å². The molecule has 5 aliphatic carbocycles. The lowest BCUT2D eigenvalue weighted by molar-refractivity contribution is -0.159. The monoisotopic (exact) mass is 600 g/mol. The van der Waals surface area contributed by atoms with Crippen LogP contribution in [0.2, 0.25) is 0 Å². The summed E-state index contributed by atoms with van der Waals surface area (Å²) in [5.41, 5.74) is 2.56. The maximum absolute atomic E-state index is 13.2. The summed E-state index contributed by atoms with van der Waals surface area (Å²) in [6.07, 6.45) is 15.4. The maximum Gasteiger partial charge on any atom is 0.330 e. The molecule has 1 aromatic carbocycles. The van der Waals surface area contributed by atoms with Crippen LogP contribution < -0.4 is 0 Å². The van der Waals surface area contributed by atoms with Gasteiger partial charge in [0.25, 0.3) is 0 Å². The van der Waals surface area contributed by atoms with Gasteiger partial charge < -0.3 is 9.84 Å². The van der Waals surface area contributed by atoms with Crippen LogP contribution in [0.5, 0.6) is 5.75 Å². The van der Waals surface area contributed by atoms with E-state index in [1.165, 1.54) is 25.3 Å². The second-order valence-electron chi connectivity index (χ2n) is 16.5. The number of benzene rings is 1. The lowest BCUT2D eigenvalue weighted by atomic mass is 9.42. The Morgan fingerprint density at radius 2 is 1.61 bits per heavy atom. The number of ketones is 2. The standard InChI is InChI=1S/C39H52O5/c1-25(2)21-29(41)22-27(23-44-34(43)14-9-26-7-10-28(40)11-8-26)30-15-17-37(6)32-13-12-31-35(3,4)33(42)16-18-38(31)24-39(32,38)20-19-36(30,37)5/h7-11,14,21,27,30-32,40H,12-13,15-20,22-24H2,1-6H3/b14-9+/t27-,30+,31-,32-,36+,37-,38+,39-/m0/s1. The highest BCUT2D eigenvalue weighted by molar-refractivity contribution is 5.90. The summed E-state index contributed by atoms with van der Waals surface area (Å²) in [7, 11) is 0. The number of carbonyl (C=O) groups is 3. The molecule has 1 aromatic rings. The van der Waals surface area contributed by atoms with Crippen LogP contribution in [0.25, 0.3) is 6.08 Å². The molecule has 0 heterocycles. The number of phenols is 1. The number of aromatic hydroxyl groups is 1. The first-order chi connectivity index (χ1) is 20.7. The molecule has 6 rings (SSSR count). The molecule has 0 radical (unpaired) electrons. The Morgan fingerprint density at radius 3 is 2.32 bits per heavy atom. The third-order valence-electron chi connectivity index (χ3n) is 14.1. The van der Waals surface area contributed by atoms with E-state index >= 15 is 0 Å². The Morgan fingerprint density at radius 1 is 0.932 bits per heavy atom. The Bertz CT molecular complexity index is 1400. The number of esters is 1. The Balaban J connectivity index is 1.23. The molecule has 8 atom stereocenters. The van der Waals surface area contributed by atoms with Gasteiger partial charge >= 0.3 is 5.97 Å². The van der Waals surface area contributed by atoms with Gasteiger partial charge in [0, 0.05) is 30.3 Å². The number of rotatable bonds is 8. The van der Waals surface area contributed by atoms with Crippen molar-refractivity contribution >= 4 is 23.6 Å². The second-order valence-corrected chi connectivity index (χ2v) is 16.5. The van der Waals surface area contributed by atoms with E-state index in [1.54, 1.807) is 36.4 Å². The highest BCUT2D eigenvalue weighted by Crippen LogP contribution is 2.88. The van der Waals surface area contributed by atoms with E-state index in [0.717, 1.165) is 49.7 Å². The van der Waals surface area contributed by atoms with Crippen molar-refractivity contribution in [1.29, 1.82) is 0 Å². The molecule has 1 N–H and O–H groups in total. The third-order valence-corrected chi connectivity index (χ3v) is 14.1. The zero-order valence-electron chi connectivity index (χ0n) is 27.7. The van der Waals surface area contributed by atoms with Crippen LogP contribution in [0.3, 0.4) is 0 Å². The van der Waals surface area contributed by atoms with Gasteiger partial charge in [0.15, 0.2) is 5.78 Å². The first kappa shape index (κ1) is 31.3. The van der Waals surface area contributed by atoms with Crippen molar-refractivity contribution in [2.75, 3.05) is 6.61 Å². The number of fused-ring (bicyclic) bond motifs is 2. The van der Waals surface area contributed by atoms with Gasteiger partial charge in [-0.1, -0.05) is 45.4 Å². The van der Waals surface area contributed by atoms with E-state index in [-0.39, 0.29) is 40.3 Å². The molecule has 0 saturated heterocycles. The van der Waals surface area contributed by atoms with Crippen molar-refractivity contribution in [1.82, 2.24) is 0 Å². The van der Waals surface area contributed by atoms with Crippen molar-refractivity contribution in [3.05, 3.63) is 47.6 Å². The number of hydrogen-bond acceptors (Lipinski definition) is 5. The average molecular weight is 601 g/mol. The number of Topliss-reactive ketones (excluding diaryl/α,β-unsaturated/α-hetero) is 1. The number of hydrogen-bond donors (Lipinski definition) is 1. The van der Waals surface area contributed by atoms with Gasteiger partial charge in [-0.15, -0.1) is 0 Å². The zero-order valence-corrected chi connectivity index (χ0v) is 27.7. The first-order valence-electron chi connectivity index (χ1n) is 17.0. The molecule has 0 aliphatic heterocycles. The number of carbonyl (C=O) groups excluding carboxylic acids is 3. The first-order valence-corrected chi connectivity index (χ1v) is 17.0. The fourth-order valence-corrected chi connectivity index (χ4v) is 11.9. The molecule has 5 aliphatic rings. The molecule has 5 nitrogen and oxygen atoms in total. The molecule has 0 bridgehead atoms. The second kappa shape index (κ2) is 10.7. The molecule has 0 unspecified atom stereocenters. The summed E-state index contributed by atoms with van der Waals surface area (Å²) in [6, 6.07) is 6.68. The van der Waals surface area contributed by atoms with Gasteiger partial charge in [0.1, 0.15) is 11.5 Å². The minimum Gasteiger partial charge on any atom is -0.508 e. The topological polar surface area (TPSA) is 80.7 Å². The number of ether oxygens (including phenoxy) is 1. The highest BCUT2D eigenvalue weighted by atomic mass is 16.5. The third kappa shape index (κ3) is 4.66. The maximum atomic E-state index is 13.2. The quantitative estimate of drug-likeness (QED) is 0.239. The van der Waals surface area contributed by atoms with Crippen LogP contribution in [0, 0.1) is 50.7 Å². The number of allylic oxidation sites excluding steroid dienone is 2. The summed E-state index contributed by atoms with van der Waals surface area (Å²) in [6.45, 7) is 13.7. The van der Waals surface area contributed by atoms with Crippen LogP contribution in [-0.2, 0) is 19.1 Å². The fraction of sp³-hybridized carbons (Fsp3) is 0.667. The van der Waals surface area contributed by atoms with Crippen LogP contribution in [0.1, 0.15) is 111 Å². The Hall–Kier alpha value is -2.69. The van der Waals surface area contributed by atoms with Gasteiger partial charge in [-0.05, 0) is 134 Å². The van der Waals surface area contributed by atoms with Gasteiger partial charge in [0.2, 0.25) is 0 Å². The normalized spacial score (nSPS) is 39.0. The van der Waals surface area contributed by atoms with Crippen molar-refractivity contribution in [3.63, 3.8) is 0 Å². The van der Waals surface area contributed by atoms with Crippen LogP contribution >= 0.6 is 0 Å². The van der Waals surface area contributed by atoms with Crippen molar-refractivity contribution < 1.29 is 24.2 Å². The van der Waals surface area contributed by atoms with Gasteiger partial charge in [0.05, 0.1) is 6.61 Å². The van der Waals surface area contributed by atoms with E-state index in [9.17, 15) is 19.5 Å². The van der Waals surface area contributed by atoms with E-state index in [0.29, 0.717) is 40.8 Å². The summed E-state index contributed by atoms with van der Waals surface area (Å²) in [5, 5.41) is 9.53. The molecule has 5 saturated carbocycles. The van der Waals surface area contributed by atoms with Crippen LogP contribution in [0.4, 0.5) is 0 Å². The SMILES string of the molecule is CC(C)=CC(=O)C[C@@H](COC(=O)/C=C/c1ccc(O)cc1)[C@H]1CC[C@@]2(C)[C@@H]3CC[C@H]4C(C)(C)C(=O)CC[C@@]45C[C@@]35CC[C@]12C. The van der Waals surface area contributed by atoms with E-state index < -0.39 is 5.97 Å². The van der Waals surface area contributed by atoms with Crippen LogP contribution in [-0.4, -0.2) is 29.2 Å². The smallest absolute Gasteiger partial charge is 0.330 e. The Labute approximate surface area is 263 Å². The molecule has 2 spiro atoms. The summed E-state index contributed by atoms with van der Waals surface area (Å²) in [4.78, 5) is 39.1. The van der Waals surface area contributed by atoms with Crippen molar-refractivity contribution in [3.8, 4) is 5.75 Å². The van der Waals surface area contributed by atoms with Crippen molar-refractivity contribution in [2.45, 2.75) is 106 Å². The summed E-state index contributed by atoms with van der Waals surface area (Å²) in [5.74, 6) is 1.82. The minimum absolute atomic E-state index is 0.0271. The van der Waals surface area contributed by atoms with Crippen LogP contribution in [0.15, 0.2) is 42.0 Å². The van der Waals surface area contributed by atoms with Crippen molar-refractivity contribution in [2.24, 2.45) is 50.7 Å². The molecule has 0 amide bonds. The molecule has 5 fully saturated rings. The lowest BCUT2D eigenvalue weighted by Crippen LogP contribution is -2.57. The predicted octanol–water partition coefficient (Wildman–Crippen LogP) is 8.50. The van der Waals surface area contributed by atoms with E-state index in [2.05, 4.69) is 27.7 Å². The van der Waals surface area contributed by atoms with E-state index in [4.69, 9.17) is 4.74 Å². The summed E-state index contributed by atoms with van der Waals surface area (Å²) >= 11 is 0. The fourth-order valence-electron chi connectivity index (χ4n) is 11.9. The predicted molar refractivity (Wildman–Crippen MR) is 173 cm³/mol. The van der Waals surface area contributed by atoms with Gasteiger partial charge in [-0.2, -0.15) is 0 Å². The average Bonchev–Trinajstić information content (AvgIpc) is 3.55.